The van der Waals surface area contributed by atoms with E-state index in [4.69, 9.17) is 16.6 Å². The van der Waals surface area contributed by atoms with E-state index in [-0.39, 0.29) is 11.9 Å². The third-order valence-corrected chi connectivity index (χ3v) is 4.90. The molecule has 120 valence electrons. The molecular weight excluding hydrogens is 310 g/mol. The Morgan fingerprint density at radius 1 is 1.26 bits per heavy atom. The number of nitrogens with one attached hydrogen (secondary N) is 2. The van der Waals surface area contributed by atoms with Gasteiger partial charge in [-0.25, -0.2) is 0 Å². The maximum Gasteiger partial charge on any atom is 0.252 e. The van der Waals surface area contributed by atoms with Crippen molar-refractivity contribution in [1.82, 2.24) is 15.6 Å². The Morgan fingerprint density at radius 2 is 2.13 bits per heavy atom. The second-order valence-electron chi connectivity index (χ2n) is 6.55. The molecule has 1 saturated heterocycles. The number of aromatic nitrogens is 1. The Balaban J connectivity index is 1.70. The summed E-state index contributed by atoms with van der Waals surface area (Å²) in [5.74, 6) is 0.494. The molecule has 2 aliphatic rings. The van der Waals surface area contributed by atoms with Gasteiger partial charge >= 0.3 is 0 Å². The highest BCUT2D eigenvalue weighted by molar-refractivity contribution is 6.31. The van der Waals surface area contributed by atoms with Crippen molar-refractivity contribution in [1.29, 1.82) is 0 Å². The smallest absolute Gasteiger partial charge is 0.252 e. The molecule has 2 N–H and O–H groups in total. The van der Waals surface area contributed by atoms with E-state index in [2.05, 4.69) is 10.6 Å². The molecule has 1 saturated carbocycles. The number of benzene rings is 1. The fraction of sp³-hybridized carbons (Fsp3) is 0.444. The Hall–Kier alpha value is -1.65. The lowest BCUT2D eigenvalue weighted by Crippen LogP contribution is -2.45. The molecule has 0 radical (unpaired) electrons. The lowest BCUT2D eigenvalue weighted by molar-refractivity contribution is 0.0932. The van der Waals surface area contributed by atoms with Gasteiger partial charge in [-0.2, -0.15) is 0 Å². The predicted octanol–water partition coefficient (Wildman–Crippen LogP) is 3.25. The van der Waals surface area contributed by atoms with Crippen molar-refractivity contribution in [3.8, 4) is 0 Å². The molecule has 2 fully saturated rings. The molecule has 1 atom stereocenters. The third-order valence-electron chi connectivity index (χ3n) is 4.66. The highest BCUT2D eigenvalue weighted by atomic mass is 35.5. The zero-order valence-electron chi connectivity index (χ0n) is 12.9. The zero-order chi connectivity index (χ0) is 15.8. The van der Waals surface area contributed by atoms with Crippen molar-refractivity contribution in [2.45, 2.75) is 37.6 Å². The first-order valence-corrected chi connectivity index (χ1v) is 8.70. The van der Waals surface area contributed by atoms with Gasteiger partial charge in [0.1, 0.15) is 0 Å². The molecule has 23 heavy (non-hydrogen) atoms. The molecule has 1 aromatic heterocycles. The van der Waals surface area contributed by atoms with Crippen molar-refractivity contribution < 1.29 is 4.79 Å². The molecule has 2 aromatic rings. The van der Waals surface area contributed by atoms with E-state index in [9.17, 15) is 4.79 Å². The van der Waals surface area contributed by atoms with Crippen molar-refractivity contribution in [3.05, 3.63) is 40.5 Å². The maximum absolute atomic E-state index is 12.8. The summed E-state index contributed by atoms with van der Waals surface area (Å²) in [5, 5.41) is 7.96. The van der Waals surface area contributed by atoms with Crippen LogP contribution in [-0.2, 0) is 0 Å². The molecule has 2 heterocycles. The molecular formula is C18H20ClN3O. The van der Waals surface area contributed by atoms with Gasteiger partial charge in [-0.3, -0.25) is 9.78 Å². The zero-order valence-corrected chi connectivity index (χ0v) is 13.7. The average molecular weight is 330 g/mol. The molecule has 0 bridgehead atoms. The molecule has 4 rings (SSSR count). The number of carbonyl (C=O) groups excluding carboxylic acids is 1. The lowest BCUT2D eigenvalue weighted by Gasteiger charge is -2.24. The second kappa shape index (κ2) is 6.10. The molecule has 1 amide bonds. The Kier molecular flexibility index (Phi) is 3.95. The van der Waals surface area contributed by atoms with Crippen LogP contribution in [0.25, 0.3) is 10.9 Å². The van der Waals surface area contributed by atoms with Gasteiger partial charge < -0.3 is 10.6 Å². The van der Waals surface area contributed by atoms with Crippen LogP contribution in [0.2, 0.25) is 5.02 Å². The van der Waals surface area contributed by atoms with Crippen LogP contribution in [-0.4, -0.2) is 30.0 Å². The van der Waals surface area contributed by atoms with Gasteiger partial charge in [-0.15, -0.1) is 0 Å². The number of hydrogen-bond donors (Lipinski definition) is 2. The van der Waals surface area contributed by atoms with Crippen molar-refractivity contribution in [3.63, 3.8) is 0 Å². The van der Waals surface area contributed by atoms with Gasteiger partial charge in [0, 0.05) is 34.6 Å². The van der Waals surface area contributed by atoms with E-state index >= 15 is 0 Å². The number of piperidine rings is 1. The Labute approximate surface area is 140 Å². The summed E-state index contributed by atoms with van der Waals surface area (Å²) in [7, 11) is 0. The van der Waals surface area contributed by atoms with Gasteiger partial charge in [-0.05, 0) is 56.5 Å². The molecule has 5 heteroatoms. The number of rotatable bonds is 3. The third kappa shape index (κ3) is 3.19. The molecule has 0 unspecified atom stereocenters. The summed E-state index contributed by atoms with van der Waals surface area (Å²) in [4.78, 5) is 17.5. The first kappa shape index (κ1) is 14.9. The fourth-order valence-electron chi connectivity index (χ4n) is 3.23. The quantitative estimate of drug-likeness (QED) is 0.909. The Morgan fingerprint density at radius 3 is 2.87 bits per heavy atom. The summed E-state index contributed by atoms with van der Waals surface area (Å²) in [5.41, 5.74) is 2.59. The predicted molar refractivity (Wildman–Crippen MR) is 92.1 cm³/mol. The van der Waals surface area contributed by atoms with Crippen molar-refractivity contribution in [2.24, 2.45) is 0 Å². The SMILES string of the molecule is O=C(N[C@H]1CCCNC1)c1cc(C2CC2)nc2ccc(Cl)cc12. The van der Waals surface area contributed by atoms with Crippen LogP contribution >= 0.6 is 11.6 Å². The van der Waals surface area contributed by atoms with Crippen LogP contribution in [0.4, 0.5) is 0 Å². The first-order chi connectivity index (χ1) is 11.2. The fourth-order valence-corrected chi connectivity index (χ4v) is 3.40. The second-order valence-corrected chi connectivity index (χ2v) is 6.98. The minimum absolute atomic E-state index is 0.0183. The highest BCUT2D eigenvalue weighted by Gasteiger charge is 2.27. The van der Waals surface area contributed by atoms with Gasteiger partial charge in [0.2, 0.25) is 0 Å². The molecule has 1 aliphatic carbocycles. The lowest BCUT2D eigenvalue weighted by atomic mass is 10.0. The Bertz CT molecular complexity index is 751. The van der Waals surface area contributed by atoms with Crippen LogP contribution in [0.15, 0.2) is 24.3 Å². The molecule has 0 spiro atoms. The average Bonchev–Trinajstić information content (AvgIpc) is 3.39. The number of carbonyl (C=O) groups is 1. The van der Waals surface area contributed by atoms with Gasteiger partial charge in [-0.1, -0.05) is 11.6 Å². The number of nitrogens with zero attached hydrogens (tertiary/aromatic N) is 1. The van der Waals surface area contributed by atoms with E-state index in [1.807, 2.05) is 24.3 Å². The minimum atomic E-state index is -0.0183. The highest BCUT2D eigenvalue weighted by Crippen LogP contribution is 2.40. The topological polar surface area (TPSA) is 54.0 Å². The summed E-state index contributed by atoms with van der Waals surface area (Å²) in [6.07, 6.45) is 4.46. The maximum atomic E-state index is 12.8. The number of halogens is 1. The number of fused-ring (bicyclic) bond motifs is 1. The summed E-state index contributed by atoms with van der Waals surface area (Å²) >= 11 is 6.13. The van der Waals surface area contributed by atoms with E-state index in [1.54, 1.807) is 0 Å². The minimum Gasteiger partial charge on any atom is -0.348 e. The standard InChI is InChI=1S/C18H20ClN3O/c19-12-5-6-16-14(8-12)15(9-17(22-16)11-3-4-11)18(23)21-13-2-1-7-20-10-13/h5-6,8-9,11,13,20H,1-4,7,10H2,(H,21,23)/t13-/m0/s1. The number of hydrogen-bond acceptors (Lipinski definition) is 3. The molecule has 1 aromatic carbocycles. The first-order valence-electron chi connectivity index (χ1n) is 8.32. The number of amides is 1. The van der Waals surface area contributed by atoms with Crippen molar-refractivity contribution >= 4 is 28.4 Å². The normalized spacial score (nSPS) is 21.3. The van der Waals surface area contributed by atoms with Gasteiger partial charge in [0.25, 0.3) is 5.91 Å². The van der Waals surface area contributed by atoms with Crippen LogP contribution in [0.1, 0.15) is 47.7 Å². The summed E-state index contributed by atoms with van der Waals surface area (Å²) < 4.78 is 0. The van der Waals surface area contributed by atoms with Crippen LogP contribution in [0, 0.1) is 0 Å². The van der Waals surface area contributed by atoms with Gasteiger partial charge in [0.05, 0.1) is 11.1 Å². The molecule has 1 aliphatic heterocycles. The summed E-state index contributed by atoms with van der Waals surface area (Å²) in [6, 6.07) is 7.74. The van der Waals surface area contributed by atoms with Crippen LogP contribution in [0.3, 0.4) is 0 Å². The van der Waals surface area contributed by atoms with Crippen LogP contribution < -0.4 is 10.6 Å². The van der Waals surface area contributed by atoms with E-state index in [1.165, 1.54) is 12.8 Å². The monoisotopic (exact) mass is 329 g/mol. The van der Waals surface area contributed by atoms with E-state index in [0.29, 0.717) is 16.5 Å². The van der Waals surface area contributed by atoms with Gasteiger partial charge in [0.15, 0.2) is 0 Å². The number of pyridine rings is 1. The van der Waals surface area contributed by atoms with E-state index < -0.39 is 0 Å². The van der Waals surface area contributed by atoms with Crippen molar-refractivity contribution in [2.75, 3.05) is 13.1 Å². The molecule has 4 nitrogen and oxygen atoms in total. The largest absolute Gasteiger partial charge is 0.348 e. The summed E-state index contributed by atoms with van der Waals surface area (Å²) in [6.45, 7) is 1.87. The van der Waals surface area contributed by atoms with Crippen LogP contribution in [0.5, 0.6) is 0 Å². The van der Waals surface area contributed by atoms with E-state index in [0.717, 1.165) is 42.5 Å².